The lowest BCUT2D eigenvalue weighted by molar-refractivity contribution is -0.138. The second-order valence-electron chi connectivity index (χ2n) is 5.95. The highest BCUT2D eigenvalue weighted by Gasteiger charge is 2.19. The summed E-state index contributed by atoms with van der Waals surface area (Å²) in [4.78, 5) is 13.3. The zero-order chi connectivity index (χ0) is 16.1. The highest BCUT2D eigenvalue weighted by atomic mass is 16.5. The number of rotatable bonds is 6. The number of carboxylic acid groups (broad SMARTS) is 1. The van der Waals surface area contributed by atoms with Crippen LogP contribution in [-0.4, -0.2) is 43.4 Å². The second-order valence-corrected chi connectivity index (χ2v) is 5.95. The van der Waals surface area contributed by atoms with Gasteiger partial charge in [-0.1, -0.05) is 26.0 Å². The van der Waals surface area contributed by atoms with Crippen molar-refractivity contribution >= 4 is 11.7 Å². The fourth-order valence-electron chi connectivity index (χ4n) is 2.78. The number of nitrogens with two attached hydrogens (primary N) is 1. The van der Waals surface area contributed by atoms with Gasteiger partial charge in [0.15, 0.2) is 0 Å². The Morgan fingerprint density at radius 2 is 2.09 bits per heavy atom. The molecule has 122 valence electrons. The largest absolute Gasteiger partial charge is 0.480 e. The van der Waals surface area contributed by atoms with E-state index in [4.69, 9.17) is 15.6 Å². The van der Waals surface area contributed by atoms with Crippen LogP contribution in [0.25, 0.3) is 0 Å². The number of anilines is 1. The molecule has 2 rings (SSSR count). The van der Waals surface area contributed by atoms with Crippen molar-refractivity contribution < 1.29 is 14.6 Å². The molecule has 0 amide bonds. The average molecular weight is 306 g/mol. The Morgan fingerprint density at radius 3 is 2.68 bits per heavy atom. The van der Waals surface area contributed by atoms with Crippen molar-refractivity contribution in [3.8, 4) is 0 Å². The van der Waals surface area contributed by atoms with Crippen molar-refractivity contribution in [3.05, 3.63) is 29.3 Å². The molecule has 1 saturated heterocycles. The Morgan fingerprint density at radius 1 is 1.41 bits per heavy atom. The molecular weight excluding hydrogens is 280 g/mol. The molecule has 0 bridgehead atoms. The number of aliphatic carboxylic acids is 1. The fourth-order valence-corrected chi connectivity index (χ4v) is 2.78. The zero-order valence-corrected chi connectivity index (χ0v) is 13.4. The van der Waals surface area contributed by atoms with Gasteiger partial charge in [-0.15, -0.1) is 0 Å². The van der Waals surface area contributed by atoms with E-state index in [0.717, 1.165) is 38.3 Å². The molecule has 0 aliphatic carbocycles. The predicted molar refractivity (Wildman–Crippen MR) is 87.5 cm³/mol. The summed E-state index contributed by atoms with van der Waals surface area (Å²) in [5.41, 5.74) is 9.17. The summed E-state index contributed by atoms with van der Waals surface area (Å²) >= 11 is 0. The lowest BCUT2D eigenvalue weighted by Crippen LogP contribution is -2.37. The number of nitrogens with zero attached hydrogens (tertiary/aromatic N) is 1. The third-order valence-electron chi connectivity index (χ3n) is 4.36. The molecular formula is C17H26N2O3. The third kappa shape index (κ3) is 3.99. The molecule has 1 aromatic carbocycles. The standard InChI is InChI=1S/C17H26N2O3/c1-3-12(2)14-10-13(11-15(18)17(20)21)4-5-16(14)19-6-8-22-9-7-19/h4-5,10,12,15H,3,6-9,11,18H2,1-2H3,(H,20,21). The molecule has 1 fully saturated rings. The summed E-state index contributed by atoms with van der Waals surface area (Å²) in [6.07, 6.45) is 1.41. The van der Waals surface area contributed by atoms with E-state index >= 15 is 0 Å². The van der Waals surface area contributed by atoms with E-state index in [1.165, 1.54) is 11.3 Å². The molecule has 5 nitrogen and oxygen atoms in total. The van der Waals surface area contributed by atoms with Crippen LogP contribution in [0.5, 0.6) is 0 Å². The van der Waals surface area contributed by atoms with E-state index < -0.39 is 12.0 Å². The maximum Gasteiger partial charge on any atom is 0.320 e. The lowest BCUT2D eigenvalue weighted by atomic mass is 9.92. The van der Waals surface area contributed by atoms with Crippen LogP contribution in [0.4, 0.5) is 5.69 Å². The first-order valence-corrected chi connectivity index (χ1v) is 7.96. The molecule has 0 radical (unpaired) electrons. The Bertz CT molecular complexity index is 513. The number of hydrogen-bond acceptors (Lipinski definition) is 4. The summed E-state index contributed by atoms with van der Waals surface area (Å²) < 4.78 is 5.43. The van der Waals surface area contributed by atoms with Gasteiger partial charge in [-0.25, -0.2) is 0 Å². The van der Waals surface area contributed by atoms with Gasteiger partial charge in [0.1, 0.15) is 6.04 Å². The molecule has 0 spiro atoms. The van der Waals surface area contributed by atoms with Gasteiger partial charge in [-0.05, 0) is 36.0 Å². The first-order valence-electron chi connectivity index (χ1n) is 7.96. The number of ether oxygens (including phenoxy) is 1. The molecule has 2 unspecified atom stereocenters. The normalized spacial score (nSPS) is 18.0. The number of hydrogen-bond donors (Lipinski definition) is 2. The minimum atomic E-state index is -0.956. The van der Waals surface area contributed by atoms with E-state index in [1.54, 1.807) is 0 Å². The van der Waals surface area contributed by atoms with Crippen LogP contribution in [0.1, 0.15) is 37.3 Å². The van der Waals surface area contributed by atoms with E-state index in [9.17, 15) is 4.79 Å². The number of carboxylic acids is 1. The smallest absolute Gasteiger partial charge is 0.320 e. The van der Waals surface area contributed by atoms with Gasteiger partial charge in [0.25, 0.3) is 0 Å². The van der Waals surface area contributed by atoms with Crippen molar-refractivity contribution in [3.63, 3.8) is 0 Å². The van der Waals surface area contributed by atoms with Crippen LogP contribution >= 0.6 is 0 Å². The maximum atomic E-state index is 10.9. The summed E-state index contributed by atoms with van der Waals surface area (Å²) in [5.74, 6) is -0.527. The van der Waals surface area contributed by atoms with E-state index in [0.29, 0.717) is 12.3 Å². The minimum Gasteiger partial charge on any atom is -0.480 e. The first kappa shape index (κ1) is 16.8. The van der Waals surface area contributed by atoms with Crippen molar-refractivity contribution in [2.45, 2.75) is 38.6 Å². The first-order chi connectivity index (χ1) is 10.5. The highest BCUT2D eigenvalue weighted by molar-refractivity contribution is 5.73. The van der Waals surface area contributed by atoms with Gasteiger partial charge in [-0.3, -0.25) is 4.79 Å². The van der Waals surface area contributed by atoms with E-state index in [-0.39, 0.29) is 0 Å². The molecule has 0 aromatic heterocycles. The molecule has 0 saturated carbocycles. The number of benzene rings is 1. The summed E-state index contributed by atoms with van der Waals surface area (Å²) in [6.45, 7) is 7.69. The second kappa shape index (κ2) is 7.61. The predicted octanol–water partition coefficient (Wildman–Crippen LogP) is 1.99. The van der Waals surface area contributed by atoms with Crippen LogP contribution < -0.4 is 10.6 Å². The Balaban J connectivity index is 2.27. The molecule has 2 atom stereocenters. The van der Waals surface area contributed by atoms with Crippen molar-refractivity contribution in [2.24, 2.45) is 5.73 Å². The van der Waals surface area contributed by atoms with Crippen molar-refractivity contribution in [1.29, 1.82) is 0 Å². The van der Waals surface area contributed by atoms with Crippen molar-refractivity contribution in [2.75, 3.05) is 31.2 Å². The number of carbonyl (C=O) groups is 1. The summed E-state index contributed by atoms with van der Waals surface area (Å²) in [6, 6.07) is 5.39. The quantitative estimate of drug-likeness (QED) is 0.840. The third-order valence-corrected chi connectivity index (χ3v) is 4.36. The van der Waals surface area contributed by atoms with Crippen molar-refractivity contribution in [1.82, 2.24) is 0 Å². The maximum absolute atomic E-state index is 10.9. The van der Waals surface area contributed by atoms with Gasteiger partial charge >= 0.3 is 5.97 Å². The summed E-state index contributed by atoms with van der Waals surface area (Å²) in [5, 5.41) is 8.98. The van der Waals surface area contributed by atoms with Gasteiger partial charge < -0.3 is 20.5 Å². The van der Waals surface area contributed by atoms with E-state index in [1.807, 2.05) is 6.07 Å². The lowest BCUT2D eigenvalue weighted by Gasteiger charge is -2.32. The molecule has 1 aliphatic rings. The van der Waals surface area contributed by atoms with Crippen LogP contribution in [0.3, 0.4) is 0 Å². The molecule has 1 heterocycles. The van der Waals surface area contributed by atoms with Crippen LogP contribution in [0.15, 0.2) is 18.2 Å². The molecule has 22 heavy (non-hydrogen) atoms. The molecule has 5 heteroatoms. The average Bonchev–Trinajstić information content (AvgIpc) is 2.54. The van der Waals surface area contributed by atoms with Crippen LogP contribution in [-0.2, 0) is 16.0 Å². The zero-order valence-electron chi connectivity index (χ0n) is 13.4. The van der Waals surface area contributed by atoms with Gasteiger partial charge in [0.2, 0.25) is 0 Å². The molecule has 3 N–H and O–H groups in total. The topological polar surface area (TPSA) is 75.8 Å². The molecule has 1 aliphatic heterocycles. The molecule has 1 aromatic rings. The number of morpholine rings is 1. The minimum absolute atomic E-state index is 0.363. The van der Waals surface area contributed by atoms with E-state index in [2.05, 4.69) is 30.9 Å². The Labute approximate surface area is 132 Å². The van der Waals surface area contributed by atoms with Gasteiger partial charge in [0, 0.05) is 18.8 Å². The highest BCUT2D eigenvalue weighted by Crippen LogP contribution is 2.31. The van der Waals surface area contributed by atoms with Crippen LogP contribution in [0, 0.1) is 0 Å². The van der Waals surface area contributed by atoms with Gasteiger partial charge in [-0.2, -0.15) is 0 Å². The Hall–Kier alpha value is -1.59. The monoisotopic (exact) mass is 306 g/mol. The van der Waals surface area contributed by atoms with Gasteiger partial charge in [0.05, 0.1) is 13.2 Å². The van der Waals surface area contributed by atoms with Crippen LogP contribution in [0.2, 0.25) is 0 Å². The SMILES string of the molecule is CCC(C)c1cc(CC(N)C(=O)O)ccc1N1CCOCC1. The summed E-state index contributed by atoms with van der Waals surface area (Å²) in [7, 11) is 0. The Kier molecular flexibility index (Phi) is 5.80. The fraction of sp³-hybridized carbons (Fsp3) is 0.588.